The fourth-order valence-corrected chi connectivity index (χ4v) is 3.42. The first-order chi connectivity index (χ1) is 9.98. The van der Waals surface area contributed by atoms with Gasteiger partial charge in [0.25, 0.3) is 0 Å². The molecule has 21 heavy (non-hydrogen) atoms. The number of nitrogens with zero attached hydrogens (tertiary/aromatic N) is 2. The summed E-state index contributed by atoms with van der Waals surface area (Å²) in [6, 6.07) is 3.60. The lowest BCUT2D eigenvalue weighted by Crippen LogP contribution is -2.49. The second-order valence-electron chi connectivity index (χ2n) is 6.42. The second-order valence-corrected chi connectivity index (χ2v) is 6.42. The number of ether oxygens (including phenoxy) is 2. The van der Waals surface area contributed by atoms with Crippen LogP contribution in [0.15, 0.2) is 0 Å². The van der Waals surface area contributed by atoms with Gasteiger partial charge in [-0.05, 0) is 40.0 Å². The minimum atomic E-state index is -0.378. The second kappa shape index (κ2) is 8.70. The summed E-state index contributed by atoms with van der Waals surface area (Å²) in [6.07, 6.45) is 2.83. The largest absolute Gasteiger partial charge is 0.383 e. The van der Waals surface area contributed by atoms with Crippen LogP contribution in [0.5, 0.6) is 0 Å². The van der Waals surface area contributed by atoms with E-state index in [9.17, 15) is 5.26 Å². The van der Waals surface area contributed by atoms with Gasteiger partial charge in [0, 0.05) is 38.9 Å². The first-order valence-corrected chi connectivity index (χ1v) is 7.90. The van der Waals surface area contributed by atoms with E-state index in [-0.39, 0.29) is 5.54 Å². The van der Waals surface area contributed by atoms with Crippen LogP contribution in [0.25, 0.3) is 0 Å². The van der Waals surface area contributed by atoms with Gasteiger partial charge in [0.2, 0.25) is 0 Å². The lowest BCUT2D eigenvalue weighted by atomic mass is 9.98. The molecule has 1 saturated carbocycles. The molecule has 0 radical (unpaired) electrons. The third-order valence-corrected chi connectivity index (χ3v) is 4.26. The van der Waals surface area contributed by atoms with Crippen molar-refractivity contribution in [1.82, 2.24) is 10.2 Å². The minimum Gasteiger partial charge on any atom is -0.383 e. The van der Waals surface area contributed by atoms with E-state index < -0.39 is 0 Å². The van der Waals surface area contributed by atoms with E-state index in [1.54, 1.807) is 14.2 Å². The highest BCUT2D eigenvalue weighted by molar-refractivity contribution is 5.14. The molecule has 0 aromatic heterocycles. The zero-order valence-electron chi connectivity index (χ0n) is 14.2. The van der Waals surface area contributed by atoms with Crippen LogP contribution >= 0.6 is 0 Å². The number of hydrogen-bond donors (Lipinski definition) is 1. The van der Waals surface area contributed by atoms with Crippen molar-refractivity contribution in [1.29, 1.82) is 5.26 Å². The molecule has 3 atom stereocenters. The van der Waals surface area contributed by atoms with Crippen molar-refractivity contribution in [3.05, 3.63) is 0 Å². The van der Waals surface area contributed by atoms with Crippen molar-refractivity contribution < 1.29 is 9.47 Å². The molecule has 0 bridgehead atoms. The van der Waals surface area contributed by atoms with Gasteiger partial charge in [-0.25, -0.2) is 0 Å². The summed E-state index contributed by atoms with van der Waals surface area (Å²) in [5.74, 6) is 0. The highest BCUT2D eigenvalue weighted by Crippen LogP contribution is 2.34. The topological polar surface area (TPSA) is 57.5 Å². The van der Waals surface area contributed by atoms with Crippen molar-refractivity contribution in [2.75, 3.05) is 34.0 Å². The quantitative estimate of drug-likeness (QED) is 0.703. The molecule has 1 fully saturated rings. The summed E-state index contributed by atoms with van der Waals surface area (Å²) in [5.41, 5.74) is -0.378. The van der Waals surface area contributed by atoms with E-state index in [0.29, 0.717) is 31.3 Å². The number of methoxy groups -OCH3 is 2. The molecule has 0 aliphatic heterocycles. The number of nitrogens with one attached hydrogen (secondary N) is 1. The molecule has 1 aliphatic rings. The zero-order chi connectivity index (χ0) is 15.9. The lowest BCUT2D eigenvalue weighted by molar-refractivity contribution is 0.0470. The molecule has 0 aromatic rings. The number of rotatable bonds is 9. The van der Waals surface area contributed by atoms with Crippen LogP contribution in [0.4, 0.5) is 0 Å². The molecule has 5 heteroatoms. The minimum absolute atomic E-state index is 0.326. The third-order valence-electron chi connectivity index (χ3n) is 4.26. The van der Waals surface area contributed by atoms with E-state index in [0.717, 1.165) is 25.8 Å². The van der Waals surface area contributed by atoms with E-state index in [2.05, 4.69) is 37.1 Å². The van der Waals surface area contributed by atoms with Crippen molar-refractivity contribution in [3.63, 3.8) is 0 Å². The SMILES string of the molecule is COCCN(C(C)COC)C1CCC(C#N)(NC(C)C)C1. The Morgan fingerprint density at radius 3 is 2.57 bits per heavy atom. The smallest absolute Gasteiger partial charge is 0.108 e. The van der Waals surface area contributed by atoms with Crippen LogP contribution in [-0.4, -0.2) is 62.5 Å². The van der Waals surface area contributed by atoms with Crippen LogP contribution in [0, 0.1) is 11.3 Å². The summed E-state index contributed by atoms with van der Waals surface area (Å²) in [4.78, 5) is 2.44. The van der Waals surface area contributed by atoms with Gasteiger partial charge in [0.05, 0.1) is 19.3 Å². The molecule has 1 N–H and O–H groups in total. The first kappa shape index (κ1) is 18.4. The Morgan fingerprint density at radius 1 is 1.33 bits per heavy atom. The molecule has 0 heterocycles. The Morgan fingerprint density at radius 2 is 2.05 bits per heavy atom. The molecule has 0 amide bonds. The Balaban J connectivity index is 2.74. The molecule has 1 rings (SSSR count). The fourth-order valence-electron chi connectivity index (χ4n) is 3.42. The molecule has 122 valence electrons. The summed E-state index contributed by atoms with van der Waals surface area (Å²) in [7, 11) is 3.47. The van der Waals surface area contributed by atoms with Gasteiger partial charge in [-0.3, -0.25) is 10.2 Å². The summed E-state index contributed by atoms with van der Waals surface area (Å²) >= 11 is 0. The standard InChI is InChI=1S/C16H31N3O2/c1-13(2)18-16(12-17)7-6-15(10-16)19(8-9-20-4)14(3)11-21-5/h13-15,18H,6-11H2,1-5H3. The monoisotopic (exact) mass is 297 g/mol. The summed E-state index contributed by atoms with van der Waals surface area (Å²) < 4.78 is 10.5. The molecule has 1 aliphatic carbocycles. The molecule has 5 nitrogen and oxygen atoms in total. The maximum absolute atomic E-state index is 9.60. The Labute approximate surface area is 129 Å². The van der Waals surface area contributed by atoms with E-state index >= 15 is 0 Å². The first-order valence-electron chi connectivity index (χ1n) is 7.90. The highest BCUT2D eigenvalue weighted by atomic mass is 16.5. The van der Waals surface area contributed by atoms with E-state index in [1.165, 1.54) is 0 Å². The molecule has 0 saturated heterocycles. The Hall–Kier alpha value is -0.670. The fraction of sp³-hybridized carbons (Fsp3) is 0.938. The molecular formula is C16H31N3O2. The van der Waals surface area contributed by atoms with Crippen molar-refractivity contribution in [2.45, 2.75) is 63.7 Å². The molecular weight excluding hydrogens is 266 g/mol. The van der Waals surface area contributed by atoms with Gasteiger partial charge < -0.3 is 9.47 Å². The van der Waals surface area contributed by atoms with Crippen LogP contribution in [0.1, 0.15) is 40.0 Å². The highest BCUT2D eigenvalue weighted by Gasteiger charge is 2.42. The van der Waals surface area contributed by atoms with E-state index in [1.807, 2.05) is 0 Å². The predicted molar refractivity (Wildman–Crippen MR) is 84.2 cm³/mol. The molecule has 3 unspecified atom stereocenters. The normalized spacial score (nSPS) is 27.2. The summed E-state index contributed by atoms with van der Waals surface area (Å²) in [6.45, 7) is 8.68. The van der Waals surface area contributed by atoms with Crippen LogP contribution in [0.3, 0.4) is 0 Å². The lowest BCUT2D eigenvalue weighted by Gasteiger charge is -2.35. The maximum atomic E-state index is 9.60. The van der Waals surface area contributed by atoms with Gasteiger partial charge in [-0.1, -0.05) is 0 Å². The van der Waals surface area contributed by atoms with Crippen molar-refractivity contribution in [2.24, 2.45) is 0 Å². The number of nitriles is 1. The van der Waals surface area contributed by atoms with Crippen LogP contribution < -0.4 is 5.32 Å². The van der Waals surface area contributed by atoms with Crippen molar-refractivity contribution in [3.8, 4) is 6.07 Å². The van der Waals surface area contributed by atoms with Crippen LogP contribution in [-0.2, 0) is 9.47 Å². The third kappa shape index (κ3) is 5.23. The molecule has 0 spiro atoms. The molecule has 0 aromatic carbocycles. The Kier molecular flexibility index (Phi) is 7.61. The Bertz CT molecular complexity index is 343. The van der Waals surface area contributed by atoms with Gasteiger partial charge in [0.15, 0.2) is 0 Å². The van der Waals surface area contributed by atoms with Gasteiger partial charge >= 0.3 is 0 Å². The zero-order valence-corrected chi connectivity index (χ0v) is 14.2. The number of hydrogen-bond acceptors (Lipinski definition) is 5. The van der Waals surface area contributed by atoms with Gasteiger partial charge in [0.1, 0.15) is 5.54 Å². The van der Waals surface area contributed by atoms with Crippen LogP contribution in [0.2, 0.25) is 0 Å². The summed E-state index contributed by atoms with van der Waals surface area (Å²) in [5, 5.41) is 13.1. The average Bonchev–Trinajstić information content (AvgIpc) is 2.83. The predicted octanol–water partition coefficient (Wildman–Crippen LogP) is 1.78. The van der Waals surface area contributed by atoms with Gasteiger partial charge in [-0.2, -0.15) is 5.26 Å². The van der Waals surface area contributed by atoms with Crippen molar-refractivity contribution >= 4 is 0 Å². The average molecular weight is 297 g/mol. The van der Waals surface area contributed by atoms with E-state index in [4.69, 9.17) is 9.47 Å². The van der Waals surface area contributed by atoms with Gasteiger partial charge in [-0.15, -0.1) is 0 Å². The maximum Gasteiger partial charge on any atom is 0.108 e.